The highest BCUT2D eigenvalue weighted by Crippen LogP contribution is 2.35. The molecule has 1 aliphatic heterocycles. The molecule has 0 bridgehead atoms. The van der Waals surface area contributed by atoms with Crippen molar-refractivity contribution in [1.29, 1.82) is 5.26 Å². The Kier molecular flexibility index (Phi) is 7.80. The first-order valence-electron chi connectivity index (χ1n) is 12.4. The number of hydrogen-bond donors (Lipinski definition) is 1. The number of benzene rings is 3. The molecule has 1 saturated heterocycles. The number of fused-ring (bicyclic) bond motifs is 1. The Morgan fingerprint density at radius 1 is 0.923 bits per heavy atom. The van der Waals surface area contributed by atoms with Crippen LogP contribution in [0.1, 0.15) is 11.1 Å². The molecule has 0 radical (unpaired) electrons. The maximum Gasteiger partial charge on any atom is 0.162 e. The van der Waals surface area contributed by atoms with Gasteiger partial charge in [-0.2, -0.15) is 5.26 Å². The lowest BCUT2D eigenvalue weighted by atomic mass is 10.1. The minimum atomic E-state index is 0.316. The fourth-order valence-corrected chi connectivity index (χ4v) is 4.38. The topological polar surface area (TPSA) is 111 Å². The molecule has 39 heavy (non-hydrogen) atoms. The van der Waals surface area contributed by atoms with Gasteiger partial charge in [0.1, 0.15) is 29.6 Å². The average Bonchev–Trinajstić information content (AvgIpc) is 3.00. The van der Waals surface area contributed by atoms with Crippen molar-refractivity contribution >= 4 is 28.2 Å². The lowest BCUT2D eigenvalue weighted by Gasteiger charge is -2.27. The predicted octanol–water partition coefficient (Wildman–Crippen LogP) is 4.69. The van der Waals surface area contributed by atoms with E-state index in [4.69, 9.17) is 28.7 Å². The number of methoxy groups -OCH3 is 3. The normalized spacial score (nSPS) is 13.0. The Balaban J connectivity index is 1.36. The molecule has 10 nitrogen and oxygen atoms in total. The summed E-state index contributed by atoms with van der Waals surface area (Å²) < 4.78 is 27.7. The summed E-state index contributed by atoms with van der Waals surface area (Å²) in [6.07, 6.45) is 1.74. The summed E-state index contributed by atoms with van der Waals surface area (Å²) in [4.78, 5) is 11.4. The molecule has 0 amide bonds. The van der Waals surface area contributed by atoms with E-state index in [2.05, 4.69) is 21.3 Å². The van der Waals surface area contributed by atoms with E-state index in [1.807, 2.05) is 48.5 Å². The van der Waals surface area contributed by atoms with Crippen LogP contribution < -0.4 is 29.2 Å². The van der Waals surface area contributed by atoms with Crippen LogP contribution in [0.25, 0.3) is 11.0 Å². The molecule has 0 saturated carbocycles. The van der Waals surface area contributed by atoms with Crippen LogP contribution in [0.5, 0.6) is 23.0 Å². The number of ether oxygens (including phenoxy) is 5. The van der Waals surface area contributed by atoms with Gasteiger partial charge >= 0.3 is 0 Å². The van der Waals surface area contributed by atoms with Crippen LogP contribution in [0.3, 0.4) is 0 Å². The van der Waals surface area contributed by atoms with E-state index in [9.17, 15) is 5.26 Å². The molecule has 10 heteroatoms. The van der Waals surface area contributed by atoms with Crippen molar-refractivity contribution in [2.24, 2.45) is 0 Å². The third kappa shape index (κ3) is 5.58. The molecule has 0 atom stereocenters. The van der Waals surface area contributed by atoms with Crippen molar-refractivity contribution in [3.8, 4) is 29.1 Å². The van der Waals surface area contributed by atoms with Gasteiger partial charge in [0.15, 0.2) is 23.0 Å². The number of rotatable bonds is 9. The van der Waals surface area contributed by atoms with E-state index >= 15 is 0 Å². The fraction of sp³-hybridized carbons (Fsp3) is 0.276. The smallest absolute Gasteiger partial charge is 0.162 e. The Hall–Kier alpha value is -4.75. The van der Waals surface area contributed by atoms with E-state index in [1.54, 1.807) is 27.5 Å². The van der Waals surface area contributed by atoms with Gasteiger partial charge in [-0.15, -0.1) is 0 Å². The molecule has 0 aliphatic carbocycles. The van der Waals surface area contributed by atoms with Crippen molar-refractivity contribution < 1.29 is 23.7 Å². The second-order valence-electron chi connectivity index (χ2n) is 8.76. The number of hydrogen-bond acceptors (Lipinski definition) is 10. The van der Waals surface area contributed by atoms with Gasteiger partial charge in [-0.3, -0.25) is 4.98 Å². The molecule has 1 aromatic heterocycles. The summed E-state index contributed by atoms with van der Waals surface area (Å²) in [6, 6.07) is 17.1. The molecular formula is C29H29N5O5. The fourth-order valence-electron chi connectivity index (χ4n) is 4.38. The van der Waals surface area contributed by atoms with Crippen LogP contribution in [-0.2, 0) is 11.3 Å². The van der Waals surface area contributed by atoms with Crippen LogP contribution in [0.2, 0.25) is 0 Å². The number of nitrogens with one attached hydrogen (secondary N) is 1. The van der Waals surface area contributed by atoms with Crippen molar-refractivity contribution in [3.05, 3.63) is 65.9 Å². The molecule has 5 rings (SSSR count). The lowest BCUT2D eigenvalue weighted by molar-refractivity contribution is 0.122. The molecule has 1 N–H and O–H groups in total. The van der Waals surface area contributed by atoms with Gasteiger partial charge in [-0.05, 0) is 42.0 Å². The van der Waals surface area contributed by atoms with Crippen molar-refractivity contribution in [2.45, 2.75) is 6.61 Å². The van der Waals surface area contributed by atoms with E-state index in [-0.39, 0.29) is 0 Å². The van der Waals surface area contributed by atoms with Crippen LogP contribution in [0, 0.1) is 11.3 Å². The second-order valence-corrected chi connectivity index (χ2v) is 8.76. The molecule has 1 aliphatic rings. The highest BCUT2D eigenvalue weighted by molar-refractivity contribution is 5.89. The van der Waals surface area contributed by atoms with Gasteiger partial charge in [0, 0.05) is 24.8 Å². The third-order valence-corrected chi connectivity index (χ3v) is 6.43. The zero-order valence-corrected chi connectivity index (χ0v) is 22.1. The highest BCUT2D eigenvalue weighted by Gasteiger charge is 2.17. The number of nitriles is 1. The first kappa shape index (κ1) is 25.9. The Morgan fingerprint density at radius 2 is 1.67 bits per heavy atom. The monoisotopic (exact) mass is 527 g/mol. The molecule has 2 heterocycles. The quantitative estimate of drug-likeness (QED) is 0.329. The standard InChI is InChI=1S/C29H29N5O5/c1-35-24-8-4-19(14-26(24)36-2)18-39-25-9-5-20(15-27(25)37-3)32-22-6-7-23-29(21(22)16-30)33-28(17-31-23)34-10-12-38-13-11-34/h4-9,14-15,17,32H,10-13,18H2,1-3H3. The average molecular weight is 528 g/mol. The summed E-state index contributed by atoms with van der Waals surface area (Å²) in [5.74, 6) is 3.16. The largest absolute Gasteiger partial charge is 0.493 e. The van der Waals surface area contributed by atoms with E-state index in [0.717, 1.165) is 30.2 Å². The molecule has 3 aromatic carbocycles. The third-order valence-electron chi connectivity index (χ3n) is 6.43. The second kappa shape index (κ2) is 11.8. The van der Waals surface area contributed by atoms with Gasteiger partial charge in [-0.1, -0.05) is 6.07 Å². The molecule has 200 valence electrons. The maximum atomic E-state index is 10.0. The van der Waals surface area contributed by atoms with E-state index in [1.165, 1.54) is 0 Å². The SMILES string of the molecule is COc1ccc(COc2ccc(Nc3ccc4ncc(N5CCOCC5)nc4c3C#N)cc2OC)cc1OC. The Labute approximate surface area is 226 Å². The van der Waals surface area contributed by atoms with Gasteiger partial charge in [0.25, 0.3) is 0 Å². The molecule has 0 unspecified atom stereocenters. The maximum absolute atomic E-state index is 10.0. The van der Waals surface area contributed by atoms with Crippen LogP contribution in [0.15, 0.2) is 54.7 Å². The van der Waals surface area contributed by atoms with Gasteiger partial charge in [0.2, 0.25) is 0 Å². The Bertz CT molecular complexity index is 1510. The van der Waals surface area contributed by atoms with Crippen LogP contribution in [-0.4, -0.2) is 57.6 Å². The first-order chi connectivity index (χ1) is 19.1. The van der Waals surface area contributed by atoms with Crippen molar-refractivity contribution in [2.75, 3.05) is 57.8 Å². The minimum absolute atomic E-state index is 0.316. The zero-order valence-electron chi connectivity index (χ0n) is 22.1. The molecule has 1 fully saturated rings. The van der Waals surface area contributed by atoms with Crippen LogP contribution in [0.4, 0.5) is 17.2 Å². The molecule has 4 aromatic rings. The number of anilines is 3. The van der Waals surface area contributed by atoms with Gasteiger partial charge in [0.05, 0.1) is 51.9 Å². The highest BCUT2D eigenvalue weighted by atomic mass is 16.5. The minimum Gasteiger partial charge on any atom is -0.493 e. The molecular weight excluding hydrogens is 498 g/mol. The number of aromatic nitrogens is 2. The summed E-state index contributed by atoms with van der Waals surface area (Å²) in [6.45, 7) is 3.07. The van der Waals surface area contributed by atoms with E-state index < -0.39 is 0 Å². The summed E-state index contributed by atoms with van der Waals surface area (Å²) >= 11 is 0. The zero-order chi connectivity index (χ0) is 27.2. The predicted molar refractivity (Wildman–Crippen MR) is 147 cm³/mol. The van der Waals surface area contributed by atoms with Gasteiger partial charge < -0.3 is 33.9 Å². The number of nitrogens with zero attached hydrogens (tertiary/aromatic N) is 4. The summed E-state index contributed by atoms with van der Waals surface area (Å²) in [5.41, 5.74) is 3.91. The lowest BCUT2D eigenvalue weighted by Crippen LogP contribution is -2.36. The van der Waals surface area contributed by atoms with Crippen LogP contribution >= 0.6 is 0 Å². The Morgan fingerprint density at radius 3 is 2.41 bits per heavy atom. The summed E-state index contributed by atoms with van der Waals surface area (Å²) in [7, 11) is 4.78. The van der Waals surface area contributed by atoms with Gasteiger partial charge in [-0.25, -0.2) is 4.98 Å². The number of morpholine rings is 1. The molecule has 0 spiro atoms. The van der Waals surface area contributed by atoms with Crippen molar-refractivity contribution in [3.63, 3.8) is 0 Å². The van der Waals surface area contributed by atoms with E-state index in [0.29, 0.717) is 65.1 Å². The summed E-state index contributed by atoms with van der Waals surface area (Å²) in [5, 5.41) is 13.4. The first-order valence-corrected chi connectivity index (χ1v) is 12.4. The van der Waals surface area contributed by atoms with Crippen molar-refractivity contribution in [1.82, 2.24) is 9.97 Å².